The van der Waals surface area contributed by atoms with E-state index < -0.39 is 5.82 Å². The van der Waals surface area contributed by atoms with Crippen LogP contribution in [0, 0.1) is 11.7 Å². The molecule has 1 saturated heterocycles. The van der Waals surface area contributed by atoms with Crippen LogP contribution < -0.4 is 5.32 Å². The monoisotopic (exact) mass is 435 g/mol. The molecule has 3 heterocycles. The van der Waals surface area contributed by atoms with E-state index in [4.69, 9.17) is 0 Å². The fourth-order valence-corrected chi connectivity index (χ4v) is 4.13. The van der Waals surface area contributed by atoms with Gasteiger partial charge in [0.1, 0.15) is 5.82 Å². The number of likely N-dealkylation sites (tertiary alicyclic amines) is 1. The lowest BCUT2D eigenvalue weighted by Crippen LogP contribution is -2.43. The smallest absolute Gasteiger partial charge is 0.251 e. The summed E-state index contributed by atoms with van der Waals surface area (Å²) in [5.41, 5.74) is 1.04. The van der Waals surface area contributed by atoms with Crippen molar-refractivity contribution >= 4 is 11.8 Å². The molecule has 7 nitrogen and oxygen atoms in total. The van der Waals surface area contributed by atoms with Crippen LogP contribution in [0.5, 0.6) is 0 Å². The van der Waals surface area contributed by atoms with Crippen molar-refractivity contribution in [3.05, 3.63) is 84.2 Å². The molecule has 1 N–H and O–H groups in total. The first-order chi connectivity index (χ1) is 15.6. The van der Waals surface area contributed by atoms with Gasteiger partial charge in [-0.05, 0) is 55.2 Å². The Morgan fingerprint density at radius 3 is 2.62 bits per heavy atom. The van der Waals surface area contributed by atoms with Gasteiger partial charge in [0.05, 0.1) is 11.7 Å². The molecule has 4 rings (SSSR count). The van der Waals surface area contributed by atoms with Crippen molar-refractivity contribution in [3.63, 3.8) is 0 Å². The van der Waals surface area contributed by atoms with Gasteiger partial charge in [-0.1, -0.05) is 12.1 Å². The summed E-state index contributed by atoms with van der Waals surface area (Å²) in [5.74, 6) is -0.554. The van der Waals surface area contributed by atoms with Crippen molar-refractivity contribution in [2.75, 3.05) is 13.1 Å². The minimum atomic E-state index is -0.450. The number of aromatic nitrogens is 3. The van der Waals surface area contributed by atoms with E-state index in [1.165, 1.54) is 18.2 Å². The number of nitrogens with one attached hydrogen (secondary N) is 1. The van der Waals surface area contributed by atoms with E-state index >= 15 is 0 Å². The first-order valence-corrected chi connectivity index (χ1v) is 10.8. The highest BCUT2D eigenvalue weighted by Gasteiger charge is 2.31. The Morgan fingerprint density at radius 2 is 1.94 bits per heavy atom. The Balaban J connectivity index is 1.40. The van der Waals surface area contributed by atoms with Crippen LogP contribution in [0.4, 0.5) is 4.39 Å². The van der Waals surface area contributed by atoms with Gasteiger partial charge < -0.3 is 10.2 Å². The molecular weight excluding hydrogens is 409 g/mol. The number of carbonyl (C=O) groups excluding carboxylic acids is 2. The number of pyridine rings is 1. The topological polar surface area (TPSA) is 80.1 Å². The Hall–Kier alpha value is -3.55. The number of hydrogen-bond donors (Lipinski definition) is 1. The number of halogens is 1. The zero-order valence-corrected chi connectivity index (χ0v) is 17.7. The van der Waals surface area contributed by atoms with Crippen LogP contribution >= 0.6 is 0 Å². The number of aryl methyl sites for hydroxylation is 1. The first kappa shape index (κ1) is 21.7. The summed E-state index contributed by atoms with van der Waals surface area (Å²) in [6.07, 6.45) is 7.15. The molecule has 1 aliphatic heterocycles. The Bertz CT molecular complexity index is 1030. The number of nitrogens with zero attached hydrogens (tertiary/aromatic N) is 4. The number of benzene rings is 1. The zero-order chi connectivity index (χ0) is 22.3. The summed E-state index contributed by atoms with van der Waals surface area (Å²) in [7, 11) is 0. The Kier molecular flexibility index (Phi) is 6.89. The molecule has 32 heavy (non-hydrogen) atoms. The van der Waals surface area contributed by atoms with Crippen LogP contribution in [0.2, 0.25) is 0 Å². The van der Waals surface area contributed by atoms with Crippen LogP contribution in [-0.4, -0.2) is 44.6 Å². The van der Waals surface area contributed by atoms with Gasteiger partial charge in [0.15, 0.2) is 0 Å². The quantitative estimate of drug-likeness (QED) is 0.618. The molecule has 0 aliphatic carbocycles. The zero-order valence-electron chi connectivity index (χ0n) is 17.7. The van der Waals surface area contributed by atoms with E-state index in [1.54, 1.807) is 23.1 Å². The average molecular weight is 436 g/mol. The molecule has 2 aromatic heterocycles. The van der Waals surface area contributed by atoms with E-state index in [2.05, 4.69) is 15.4 Å². The molecular formula is C24H26FN5O2. The number of amides is 2. The van der Waals surface area contributed by atoms with Gasteiger partial charge in [-0.15, -0.1) is 0 Å². The standard InChI is InChI=1S/C24H26FN5O2/c25-20-6-3-5-19(17-20)24(32)28-23(21-7-1-2-11-26-21)18-8-14-29(15-9-18)22(31)10-16-30-13-4-12-27-30/h1-7,11-13,17-18,23H,8-10,14-16H2,(H,28,32)/t23-/m0/s1. The van der Waals surface area contributed by atoms with Gasteiger partial charge in [0.25, 0.3) is 5.91 Å². The first-order valence-electron chi connectivity index (χ1n) is 10.8. The summed E-state index contributed by atoms with van der Waals surface area (Å²) in [5, 5.41) is 7.19. The second-order valence-electron chi connectivity index (χ2n) is 7.95. The van der Waals surface area contributed by atoms with E-state index in [0.717, 1.165) is 18.5 Å². The molecule has 0 saturated carbocycles. The van der Waals surface area contributed by atoms with Gasteiger partial charge in [0.2, 0.25) is 5.91 Å². The Labute approximate surface area is 186 Å². The maximum absolute atomic E-state index is 13.6. The van der Waals surface area contributed by atoms with Crippen LogP contribution in [0.15, 0.2) is 67.1 Å². The number of piperidine rings is 1. The number of hydrogen-bond acceptors (Lipinski definition) is 4. The highest BCUT2D eigenvalue weighted by Crippen LogP contribution is 2.30. The maximum Gasteiger partial charge on any atom is 0.251 e. The van der Waals surface area contributed by atoms with E-state index in [-0.39, 0.29) is 29.3 Å². The average Bonchev–Trinajstić information content (AvgIpc) is 3.35. The van der Waals surface area contributed by atoms with Gasteiger partial charge in [0, 0.05) is 50.2 Å². The third-order valence-corrected chi connectivity index (χ3v) is 5.86. The Morgan fingerprint density at radius 1 is 1.09 bits per heavy atom. The van der Waals surface area contributed by atoms with Crippen molar-refractivity contribution in [2.45, 2.75) is 31.8 Å². The minimum Gasteiger partial charge on any atom is -0.343 e. The minimum absolute atomic E-state index is 0.108. The normalized spacial score (nSPS) is 15.3. The molecule has 0 spiro atoms. The number of carbonyl (C=O) groups is 2. The molecule has 3 aromatic rings. The van der Waals surface area contributed by atoms with Gasteiger partial charge >= 0.3 is 0 Å². The number of rotatable bonds is 7. The summed E-state index contributed by atoms with van der Waals surface area (Å²) < 4.78 is 15.3. The van der Waals surface area contributed by atoms with Crippen molar-refractivity contribution < 1.29 is 14.0 Å². The highest BCUT2D eigenvalue weighted by molar-refractivity contribution is 5.94. The SMILES string of the molecule is O=C(N[C@H](c1ccccn1)C1CCN(C(=O)CCn2cccn2)CC1)c1cccc(F)c1. The van der Waals surface area contributed by atoms with E-state index in [9.17, 15) is 14.0 Å². The highest BCUT2D eigenvalue weighted by atomic mass is 19.1. The van der Waals surface area contributed by atoms with Gasteiger partial charge in [-0.2, -0.15) is 5.10 Å². The predicted molar refractivity (Wildman–Crippen MR) is 117 cm³/mol. The van der Waals surface area contributed by atoms with Crippen LogP contribution in [0.1, 0.15) is 41.4 Å². The van der Waals surface area contributed by atoms with Gasteiger partial charge in [-0.25, -0.2) is 4.39 Å². The summed E-state index contributed by atoms with van der Waals surface area (Å²) in [4.78, 5) is 31.7. The lowest BCUT2D eigenvalue weighted by molar-refractivity contribution is -0.133. The molecule has 1 fully saturated rings. The second kappa shape index (κ2) is 10.2. The van der Waals surface area contributed by atoms with E-state index in [1.807, 2.05) is 35.4 Å². The van der Waals surface area contributed by atoms with E-state index in [0.29, 0.717) is 26.1 Å². The summed E-state index contributed by atoms with van der Waals surface area (Å²) in [6, 6.07) is 12.8. The van der Waals surface area contributed by atoms with Crippen molar-refractivity contribution in [3.8, 4) is 0 Å². The van der Waals surface area contributed by atoms with Crippen molar-refractivity contribution in [2.24, 2.45) is 5.92 Å². The molecule has 0 bridgehead atoms. The third-order valence-electron chi connectivity index (χ3n) is 5.86. The van der Waals surface area contributed by atoms with Crippen LogP contribution in [-0.2, 0) is 11.3 Å². The molecule has 1 atom stereocenters. The van der Waals surface area contributed by atoms with Crippen molar-refractivity contribution in [1.82, 2.24) is 25.0 Å². The molecule has 1 aromatic carbocycles. The molecule has 1 aliphatic rings. The summed E-state index contributed by atoms with van der Waals surface area (Å²) >= 11 is 0. The molecule has 0 unspecified atom stereocenters. The van der Waals surface area contributed by atoms with Gasteiger partial charge in [-0.3, -0.25) is 19.3 Å². The molecule has 0 radical (unpaired) electrons. The maximum atomic E-state index is 13.6. The lowest BCUT2D eigenvalue weighted by Gasteiger charge is -2.36. The fourth-order valence-electron chi connectivity index (χ4n) is 4.13. The third kappa shape index (κ3) is 5.38. The van der Waals surface area contributed by atoms with Crippen LogP contribution in [0.25, 0.3) is 0 Å². The van der Waals surface area contributed by atoms with Crippen LogP contribution in [0.3, 0.4) is 0 Å². The lowest BCUT2D eigenvalue weighted by atomic mass is 9.87. The molecule has 8 heteroatoms. The molecule has 2 amide bonds. The second-order valence-corrected chi connectivity index (χ2v) is 7.95. The predicted octanol–water partition coefficient (Wildman–Crippen LogP) is 3.22. The molecule has 166 valence electrons. The largest absolute Gasteiger partial charge is 0.343 e. The van der Waals surface area contributed by atoms with Crippen molar-refractivity contribution in [1.29, 1.82) is 0 Å². The summed E-state index contributed by atoms with van der Waals surface area (Å²) in [6.45, 7) is 1.82. The fraction of sp³-hybridized carbons (Fsp3) is 0.333.